The van der Waals surface area contributed by atoms with E-state index < -0.39 is 29.2 Å². The lowest BCUT2D eigenvalue weighted by molar-refractivity contribution is -0.139. The van der Waals surface area contributed by atoms with Crippen LogP contribution in [0, 0.1) is 11.6 Å². The van der Waals surface area contributed by atoms with Gasteiger partial charge in [0.1, 0.15) is 22.9 Å². The first-order valence-corrected chi connectivity index (χ1v) is 10.3. The maximum atomic E-state index is 13.9. The standard InChI is InChI=1S/C25H22F2N2O3/c1-2-21-25(31)29(14-16-7-4-3-5-8-16)15-17-13-18(11-12-22(17)32-21)28-24(30)23-19(26)9-6-10-20(23)27/h3-13,21H,2,14-15H2,1H3,(H,28,30). The van der Waals surface area contributed by atoms with Gasteiger partial charge in [0, 0.05) is 24.3 Å². The molecule has 1 aliphatic rings. The van der Waals surface area contributed by atoms with Gasteiger partial charge in [-0.2, -0.15) is 0 Å². The summed E-state index contributed by atoms with van der Waals surface area (Å²) in [6, 6.07) is 17.8. The van der Waals surface area contributed by atoms with Crippen LogP contribution >= 0.6 is 0 Å². The van der Waals surface area contributed by atoms with E-state index in [-0.39, 0.29) is 12.5 Å². The van der Waals surface area contributed by atoms with Crippen molar-refractivity contribution >= 4 is 17.5 Å². The zero-order chi connectivity index (χ0) is 22.7. The van der Waals surface area contributed by atoms with Crippen molar-refractivity contribution in [2.45, 2.75) is 32.5 Å². The molecule has 1 N–H and O–H groups in total. The van der Waals surface area contributed by atoms with E-state index in [1.807, 2.05) is 37.3 Å². The van der Waals surface area contributed by atoms with E-state index in [9.17, 15) is 18.4 Å². The normalized spacial score (nSPS) is 15.5. The van der Waals surface area contributed by atoms with Gasteiger partial charge in [-0.15, -0.1) is 0 Å². The molecule has 3 aromatic rings. The number of halogens is 2. The number of carbonyl (C=O) groups is 2. The molecule has 0 bridgehead atoms. The largest absolute Gasteiger partial charge is 0.480 e. The molecule has 4 rings (SSSR count). The summed E-state index contributed by atoms with van der Waals surface area (Å²) in [4.78, 5) is 27.2. The average molecular weight is 436 g/mol. The Morgan fingerprint density at radius 1 is 1.06 bits per heavy atom. The predicted octanol–water partition coefficient (Wildman–Crippen LogP) is 4.92. The number of rotatable bonds is 5. The van der Waals surface area contributed by atoms with Crippen LogP contribution in [0.5, 0.6) is 5.75 Å². The monoisotopic (exact) mass is 436 g/mol. The molecule has 0 aliphatic carbocycles. The molecule has 0 spiro atoms. The van der Waals surface area contributed by atoms with Crippen LogP contribution in [0.25, 0.3) is 0 Å². The van der Waals surface area contributed by atoms with Gasteiger partial charge in [-0.05, 0) is 42.3 Å². The highest BCUT2D eigenvalue weighted by Gasteiger charge is 2.30. The summed E-state index contributed by atoms with van der Waals surface area (Å²) in [6.07, 6.45) is -0.109. The van der Waals surface area contributed by atoms with Gasteiger partial charge in [0.05, 0.1) is 0 Å². The molecule has 3 aromatic carbocycles. The van der Waals surface area contributed by atoms with Gasteiger partial charge in [0.25, 0.3) is 11.8 Å². The number of nitrogens with zero attached hydrogens (tertiary/aromatic N) is 1. The van der Waals surface area contributed by atoms with Crippen molar-refractivity contribution < 1.29 is 23.1 Å². The molecule has 0 saturated carbocycles. The first-order chi connectivity index (χ1) is 15.5. The van der Waals surface area contributed by atoms with Crippen LogP contribution in [0.1, 0.15) is 34.8 Å². The SMILES string of the molecule is CCC1Oc2ccc(NC(=O)c3c(F)cccc3F)cc2CN(Cc2ccccc2)C1=O. The fourth-order valence-electron chi connectivity index (χ4n) is 3.69. The Hall–Kier alpha value is -3.74. The van der Waals surface area contributed by atoms with Gasteiger partial charge in [-0.25, -0.2) is 8.78 Å². The number of hydrogen-bond acceptors (Lipinski definition) is 3. The Morgan fingerprint density at radius 3 is 2.47 bits per heavy atom. The summed E-state index contributed by atoms with van der Waals surface area (Å²) in [5.74, 6) is -2.35. The first kappa shape index (κ1) is 21.5. The predicted molar refractivity (Wildman–Crippen MR) is 116 cm³/mol. The number of carbonyl (C=O) groups excluding carboxylic acids is 2. The van der Waals surface area contributed by atoms with E-state index in [0.29, 0.717) is 30.0 Å². The van der Waals surface area contributed by atoms with Gasteiger partial charge in [-0.1, -0.05) is 43.3 Å². The molecular formula is C25H22F2N2O3. The average Bonchev–Trinajstić information content (AvgIpc) is 2.90. The zero-order valence-electron chi connectivity index (χ0n) is 17.5. The molecule has 0 radical (unpaired) electrons. The molecule has 32 heavy (non-hydrogen) atoms. The number of nitrogens with one attached hydrogen (secondary N) is 1. The highest BCUT2D eigenvalue weighted by atomic mass is 19.1. The topological polar surface area (TPSA) is 58.6 Å². The Labute approximate surface area is 184 Å². The fourth-order valence-corrected chi connectivity index (χ4v) is 3.69. The molecule has 2 amide bonds. The van der Waals surface area contributed by atoms with E-state index in [1.54, 1.807) is 23.1 Å². The minimum atomic E-state index is -0.939. The lowest BCUT2D eigenvalue weighted by atomic mass is 10.1. The van der Waals surface area contributed by atoms with Gasteiger partial charge in [-0.3, -0.25) is 9.59 Å². The Kier molecular flexibility index (Phi) is 6.16. The zero-order valence-corrected chi connectivity index (χ0v) is 17.5. The molecule has 5 nitrogen and oxygen atoms in total. The summed E-state index contributed by atoms with van der Waals surface area (Å²) >= 11 is 0. The maximum absolute atomic E-state index is 13.9. The van der Waals surface area contributed by atoms with Crippen molar-refractivity contribution in [3.8, 4) is 5.75 Å². The third-order valence-corrected chi connectivity index (χ3v) is 5.31. The number of anilines is 1. The molecule has 164 valence electrons. The smallest absolute Gasteiger partial charge is 0.264 e. The van der Waals surface area contributed by atoms with E-state index in [1.165, 1.54) is 6.07 Å². The molecule has 1 unspecified atom stereocenters. The maximum Gasteiger partial charge on any atom is 0.264 e. The second-order valence-electron chi connectivity index (χ2n) is 7.57. The van der Waals surface area contributed by atoms with Crippen LogP contribution in [-0.4, -0.2) is 22.8 Å². The first-order valence-electron chi connectivity index (χ1n) is 10.3. The highest BCUT2D eigenvalue weighted by molar-refractivity contribution is 6.04. The number of benzene rings is 3. The highest BCUT2D eigenvalue weighted by Crippen LogP contribution is 2.30. The quantitative estimate of drug-likeness (QED) is 0.618. The van der Waals surface area contributed by atoms with Crippen molar-refractivity contribution in [2.75, 3.05) is 5.32 Å². The lowest BCUT2D eigenvalue weighted by Crippen LogP contribution is -2.38. The number of hydrogen-bond donors (Lipinski definition) is 1. The summed E-state index contributed by atoms with van der Waals surface area (Å²) < 4.78 is 33.8. The molecule has 7 heteroatoms. The Balaban J connectivity index is 1.61. The van der Waals surface area contributed by atoms with E-state index >= 15 is 0 Å². The van der Waals surface area contributed by atoms with Crippen LogP contribution in [0.3, 0.4) is 0 Å². The van der Waals surface area contributed by atoms with Crippen LogP contribution in [0.15, 0.2) is 66.7 Å². The minimum absolute atomic E-state index is 0.119. The van der Waals surface area contributed by atoms with Crippen molar-refractivity contribution in [3.05, 3.63) is 95.1 Å². The van der Waals surface area contributed by atoms with Gasteiger partial charge < -0.3 is 15.0 Å². The van der Waals surface area contributed by atoms with E-state index in [4.69, 9.17) is 4.74 Å². The third kappa shape index (κ3) is 4.46. The Bertz CT molecular complexity index is 1130. The van der Waals surface area contributed by atoms with Crippen LogP contribution < -0.4 is 10.1 Å². The van der Waals surface area contributed by atoms with Gasteiger partial charge in [0.15, 0.2) is 6.10 Å². The summed E-state index contributed by atoms with van der Waals surface area (Å²) in [7, 11) is 0. The van der Waals surface area contributed by atoms with Crippen molar-refractivity contribution in [3.63, 3.8) is 0 Å². The molecule has 1 atom stereocenters. The lowest BCUT2D eigenvalue weighted by Gasteiger charge is -2.23. The van der Waals surface area contributed by atoms with Crippen LogP contribution in [0.2, 0.25) is 0 Å². The number of fused-ring (bicyclic) bond motifs is 1. The number of ether oxygens (including phenoxy) is 1. The summed E-state index contributed by atoms with van der Waals surface area (Å²) in [5, 5.41) is 2.53. The number of amides is 2. The second-order valence-corrected chi connectivity index (χ2v) is 7.57. The fraction of sp³-hybridized carbons (Fsp3) is 0.200. The molecule has 0 fully saturated rings. The van der Waals surface area contributed by atoms with Gasteiger partial charge in [0.2, 0.25) is 0 Å². The van der Waals surface area contributed by atoms with Crippen LogP contribution in [-0.2, 0) is 17.9 Å². The van der Waals surface area contributed by atoms with Gasteiger partial charge >= 0.3 is 0 Å². The summed E-state index contributed by atoms with van der Waals surface area (Å²) in [6.45, 7) is 2.57. The molecule has 0 aromatic heterocycles. The van der Waals surface area contributed by atoms with Crippen molar-refractivity contribution in [2.24, 2.45) is 0 Å². The van der Waals surface area contributed by atoms with E-state index in [0.717, 1.165) is 17.7 Å². The van der Waals surface area contributed by atoms with Crippen molar-refractivity contribution in [1.82, 2.24) is 4.90 Å². The van der Waals surface area contributed by atoms with E-state index in [2.05, 4.69) is 5.32 Å². The second kappa shape index (κ2) is 9.18. The molecule has 1 aliphatic heterocycles. The third-order valence-electron chi connectivity index (χ3n) is 5.31. The molecular weight excluding hydrogens is 414 g/mol. The van der Waals surface area contributed by atoms with Crippen LogP contribution in [0.4, 0.5) is 14.5 Å². The Morgan fingerprint density at radius 2 is 1.78 bits per heavy atom. The molecule has 1 heterocycles. The van der Waals surface area contributed by atoms with Crippen molar-refractivity contribution in [1.29, 1.82) is 0 Å². The minimum Gasteiger partial charge on any atom is -0.480 e. The molecule has 0 saturated heterocycles. The summed E-state index contributed by atoms with van der Waals surface area (Å²) in [5.41, 5.74) is 1.38.